The molecule has 1 aliphatic heterocycles. The number of nitrogens with one attached hydrogen (secondary N) is 1. The molecule has 11 heteroatoms. The smallest absolute Gasteiger partial charge is 0.277 e. The first-order valence-corrected chi connectivity index (χ1v) is 14.1. The maximum absolute atomic E-state index is 12.8. The standard InChI is InChI=1S/C28H26BrN5O4S/c29-21-6-4-5-20(17-21)27(36)34-15-13-33(14-16-34)23-11-9-22(10-12-23)30-25(35)19-39-28-32-31-26(38-28)18-37-24-7-2-1-3-8-24/h1-12,17H,13-16,18-19H2,(H,30,35). The second-order valence-electron chi connectivity index (χ2n) is 8.74. The number of halogens is 1. The van der Waals surface area contributed by atoms with Gasteiger partial charge in [0.25, 0.3) is 17.0 Å². The van der Waals surface area contributed by atoms with Crippen molar-refractivity contribution in [2.24, 2.45) is 0 Å². The summed E-state index contributed by atoms with van der Waals surface area (Å²) >= 11 is 4.59. The summed E-state index contributed by atoms with van der Waals surface area (Å²) in [5, 5.41) is 11.1. The topological polar surface area (TPSA) is 101 Å². The Hall–Kier alpha value is -3.83. The van der Waals surface area contributed by atoms with E-state index in [9.17, 15) is 9.59 Å². The molecule has 2 heterocycles. The van der Waals surface area contributed by atoms with Gasteiger partial charge in [-0.15, -0.1) is 10.2 Å². The Balaban J connectivity index is 1.05. The number of ether oxygens (including phenoxy) is 1. The summed E-state index contributed by atoms with van der Waals surface area (Å²) in [5.41, 5.74) is 2.44. The number of carbonyl (C=O) groups excluding carboxylic acids is 2. The van der Waals surface area contributed by atoms with Gasteiger partial charge in [0.1, 0.15) is 5.75 Å². The van der Waals surface area contributed by atoms with Gasteiger partial charge in [0.2, 0.25) is 5.91 Å². The van der Waals surface area contributed by atoms with Crippen molar-refractivity contribution in [2.75, 3.05) is 42.1 Å². The third kappa shape index (κ3) is 7.39. The molecular formula is C28H26BrN5O4S. The monoisotopic (exact) mass is 607 g/mol. The number of carbonyl (C=O) groups is 2. The van der Waals surface area contributed by atoms with Crippen LogP contribution in [-0.4, -0.2) is 58.8 Å². The molecule has 4 aromatic rings. The minimum Gasteiger partial charge on any atom is -0.484 e. The van der Waals surface area contributed by atoms with Crippen molar-refractivity contribution in [1.29, 1.82) is 0 Å². The summed E-state index contributed by atoms with van der Waals surface area (Å²) < 4.78 is 12.0. The minimum atomic E-state index is -0.173. The Morgan fingerprint density at radius 1 is 0.949 bits per heavy atom. The van der Waals surface area contributed by atoms with Crippen LogP contribution in [0.2, 0.25) is 0 Å². The van der Waals surface area contributed by atoms with Crippen molar-refractivity contribution in [3.8, 4) is 5.75 Å². The number of nitrogens with zero attached hydrogens (tertiary/aromatic N) is 4. The first-order valence-electron chi connectivity index (χ1n) is 12.4. The van der Waals surface area contributed by atoms with Crippen LogP contribution in [0.3, 0.4) is 0 Å². The maximum atomic E-state index is 12.8. The first-order chi connectivity index (χ1) is 19.0. The van der Waals surface area contributed by atoms with Crippen molar-refractivity contribution >= 4 is 50.9 Å². The number of rotatable bonds is 9. The highest BCUT2D eigenvalue weighted by atomic mass is 79.9. The van der Waals surface area contributed by atoms with Crippen LogP contribution in [0, 0.1) is 0 Å². The van der Waals surface area contributed by atoms with E-state index in [1.165, 1.54) is 11.8 Å². The molecule has 3 aromatic carbocycles. The van der Waals surface area contributed by atoms with E-state index in [2.05, 4.69) is 36.3 Å². The molecule has 0 aliphatic carbocycles. The second-order valence-corrected chi connectivity index (χ2v) is 10.6. The van der Waals surface area contributed by atoms with Crippen molar-refractivity contribution in [2.45, 2.75) is 11.8 Å². The van der Waals surface area contributed by atoms with E-state index in [1.54, 1.807) is 0 Å². The first kappa shape index (κ1) is 26.8. The van der Waals surface area contributed by atoms with Crippen LogP contribution in [0.5, 0.6) is 5.75 Å². The maximum Gasteiger partial charge on any atom is 0.277 e. The van der Waals surface area contributed by atoms with E-state index in [-0.39, 0.29) is 24.2 Å². The molecule has 0 spiro atoms. The van der Waals surface area contributed by atoms with Gasteiger partial charge in [0.05, 0.1) is 5.75 Å². The van der Waals surface area contributed by atoms with E-state index in [0.717, 1.165) is 23.2 Å². The lowest BCUT2D eigenvalue weighted by Crippen LogP contribution is -2.48. The summed E-state index contributed by atoms with van der Waals surface area (Å²) in [6, 6.07) is 24.5. The molecule has 9 nitrogen and oxygen atoms in total. The lowest BCUT2D eigenvalue weighted by molar-refractivity contribution is -0.113. The van der Waals surface area contributed by atoms with Gasteiger partial charge in [-0.25, -0.2) is 0 Å². The Labute approximate surface area is 238 Å². The number of hydrogen-bond donors (Lipinski definition) is 1. The fraction of sp³-hybridized carbons (Fsp3) is 0.214. The Morgan fingerprint density at radius 2 is 1.72 bits per heavy atom. The molecule has 2 amide bonds. The lowest BCUT2D eigenvalue weighted by Gasteiger charge is -2.36. The molecule has 0 saturated carbocycles. The van der Waals surface area contributed by atoms with Crippen molar-refractivity contribution < 1.29 is 18.7 Å². The molecule has 5 rings (SSSR count). The summed E-state index contributed by atoms with van der Waals surface area (Å²) in [6.07, 6.45) is 0. The number of para-hydroxylation sites is 1. The van der Waals surface area contributed by atoms with Crippen LogP contribution in [-0.2, 0) is 11.4 Å². The van der Waals surface area contributed by atoms with Crippen molar-refractivity contribution in [1.82, 2.24) is 15.1 Å². The Morgan fingerprint density at radius 3 is 2.46 bits per heavy atom. The van der Waals surface area contributed by atoms with Gasteiger partial charge in [-0.3, -0.25) is 9.59 Å². The predicted molar refractivity (Wildman–Crippen MR) is 153 cm³/mol. The normalized spacial score (nSPS) is 13.3. The Bertz CT molecular complexity index is 1410. The van der Waals surface area contributed by atoms with Crippen molar-refractivity contribution in [3.05, 3.63) is 94.8 Å². The third-order valence-electron chi connectivity index (χ3n) is 6.04. The van der Waals surface area contributed by atoms with E-state index in [4.69, 9.17) is 9.15 Å². The lowest BCUT2D eigenvalue weighted by atomic mass is 10.1. The highest BCUT2D eigenvalue weighted by Gasteiger charge is 2.22. The third-order valence-corrected chi connectivity index (χ3v) is 7.35. The molecule has 0 unspecified atom stereocenters. The molecular weight excluding hydrogens is 582 g/mol. The van der Waals surface area contributed by atoms with E-state index in [1.807, 2.05) is 83.8 Å². The Kier molecular flexibility index (Phi) is 8.79. The SMILES string of the molecule is O=C(CSc1nnc(COc2ccccc2)o1)Nc1ccc(N2CCN(C(=O)c3cccc(Br)c3)CC2)cc1. The fourth-order valence-electron chi connectivity index (χ4n) is 4.07. The van der Waals surface area contributed by atoms with Crippen LogP contribution in [0.1, 0.15) is 16.2 Å². The van der Waals surface area contributed by atoms with Gasteiger partial charge in [-0.05, 0) is 54.6 Å². The average Bonchev–Trinajstić information content (AvgIpc) is 3.44. The van der Waals surface area contributed by atoms with E-state index in [0.29, 0.717) is 41.2 Å². The number of piperazine rings is 1. The van der Waals surface area contributed by atoms with Crippen LogP contribution < -0.4 is 15.0 Å². The van der Waals surface area contributed by atoms with Gasteiger partial charge in [0, 0.05) is 47.6 Å². The van der Waals surface area contributed by atoms with Gasteiger partial charge in [-0.2, -0.15) is 0 Å². The van der Waals surface area contributed by atoms with Crippen molar-refractivity contribution in [3.63, 3.8) is 0 Å². The molecule has 0 bridgehead atoms. The number of benzene rings is 3. The largest absolute Gasteiger partial charge is 0.484 e. The fourth-order valence-corrected chi connectivity index (χ4v) is 5.05. The summed E-state index contributed by atoms with van der Waals surface area (Å²) in [6.45, 7) is 2.94. The van der Waals surface area contributed by atoms with Gasteiger partial charge < -0.3 is 24.3 Å². The molecule has 1 aliphatic rings. The second kappa shape index (κ2) is 12.8. The number of thioether (sulfide) groups is 1. The molecule has 1 saturated heterocycles. The molecule has 0 atom stereocenters. The summed E-state index contributed by atoms with van der Waals surface area (Å²) in [7, 11) is 0. The number of hydrogen-bond acceptors (Lipinski definition) is 8. The van der Waals surface area contributed by atoms with Gasteiger partial charge >= 0.3 is 0 Å². The molecule has 1 fully saturated rings. The average molecular weight is 609 g/mol. The minimum absolute atomic E-state index is 0.0455. The van der Waals surface area contributed by atoms with Crippen LogP contribution in [0.15, 0.2) is 93.0 Å². The number of aromatic nitrogens is 2. The summed E-state index contributed by atoms with van der Waals surface area (Å²) in [5.74, 6) is 1.06. The zero-order valence-electron chi connectivity index (χ0n) is 21.0. The zero-order valence-corrected chi connectivity index (χ0v) is 23.4. The van der Waals surface area contributed by atoms with E-state index < -0.39 is 0 Å². The highest BCUT2D eigenvalue weighted by molar-refractivity contribution is 9.10. The molecule has 0 radical (unpaired) electrons. The molecule has 200 valence electrons. The van der Waals surface area contributed by atoms with Crippen LogP contribution >= 0.6 is 27.7 Å². The summed E-state index contributed by atoms with van der Waals surface area (Å²) in [4.78, 5) is 29.3. The molecule has 39 heavy (non-hydrogen) atoms. The van der Waals surface area contributed by atoms with Crippen LogP contribution in [0.4, 0.5) is 11.4 Å². The number of anilines is 2. The van der Waals surface area contributed by atoms with E-state index >= 15 is 0 Å². The van der Waals surface area contributed by atoms with Crippen LogP contribution in [0.25, 0.3) is 0 Å². The molecule has 1 aromatic heterocycles. The van der Waals surface area contributed by atoms with Gasteiger partial charge in [0.15, 0.2) is 6.61 Å². The van der Waals surface area contributed by atoms with Gasteiger partial charge in [-0.1, -0.05) is 52.0 Å². The quantitative estimate of drug-likeness (QED) is 0.262. The molecule has 1 N–H and O–H groups in total. The highest BCUT2D eigenvalue weighted by Crippen LogP contribution is 2.22. The number of amides is 2. The predicted octanol–water partition coefficient (Wildman–Crippen LogP) is 5.10. The zero-order chi connectivity index (χ0) is 27.0.